The maximum absolute atomic E-state index is 6.27. The van der Waals surface area contributed by atoms with Crippen LogP contribution in [0.1, 0.15) is 12.0 Å². The maximum atomic E-state index is 6.27. The standard InChI is InChI=1S/C22H19ClN2S/c23-18-11-12-22-20(15-18)25(19-9-4-5-10-21(19)26-22)14-6-13-24-16-17-7-2-1-3-8-17/h2,4-5,7-12,15,24H,6,13-14,16H2. The van der Waals surface area contributed by atoms with Gasteiger partial charge in [0.1, 0.15) is 0 Å². The topological polar surface area (TPSA) is 15.3 Å². The van der Waals surface area contributed by atoms with Crippen molar-refractivity contribution in [3.05, 3.63) is 83.4 Å². The predicted octanol–water partition coefficient (Wildman–Crippen LogP) is 5.72. The zero-order valence-electron chi connectivity index (χ0n) is 14.3. The van der Waals surface area contributed by atoms with Gasteiger partial charge in [0.25, 0.3) is 0 Å². The van der Waals surface area contributed by atoms with Gasteiger partial charge in [0.05, 0.1) is 11.4 Å². The average molecular weight is 379 g/mol. The highest BCUT2D eigenvalue weighted by Crippen LogP contribution is 2.48. The van der Waals surface area contributed by atoms with Crippen LogP contribution in [0.2, 0.25) is 5.02 Å². The molecule has 1 aliphatic heterocycles. The van der Waals surface area contributed by atoms with Gasteiger partial charge in [-0.1, -0.05) is 47.6 Å². The first kappa shape index (κ1) is 17.3. The van der Waals surface area contributed by atoms with Crippen molar-refractivity contribution >= 4 is 34.7 Å². The molecule has 2 nitrogen and oxygen atoms in total. The summed E-state index contributed by atoms with van der Waals surface area (Å²) in [6.07, 6.45) is 1.05. The lowest BCUT2D eigenvalue weighted by molar-refractivity contribution is 0.649. The van der Waals surface area contributed by atoms with Crippen molar-refractivity contribution in [1.82, 2.24) is 5.32 Å². The number of nitrogens with zero attached hydrogens (tertiary/aromatic N) is 1. The van der Waals surface area contributed by atoms with Crippen molar-refractivity contribution in [2.75, 3.05) is 18.0 Å². The fourth-order valence-electron chi connectivity index (χ4n) is 3.13. The molecule has 3 aromatic carbocycles. The van der Waals surface area contributed by atoms with E-state index in [-0.39, 0.29) is 0 Å². The van der Waals surface area contributed by atoms with Gasteiger partial charge in [0, 0.05) is 27.9 Å². The van der Waals surface area contributed by atoms with Crippen molar-refractivity contribution < 1.29 is 0 Å². The monoisotopic (exact) mass is 378 g/mol. The van der Waals surface area contributed by atoms with Crippen molar-refractivity contribution in [3.8, 4) is 0 Å². The Bertz CT molecular complexity index is 882. The Kier molecular flexibility index (Phi) is 5.36. The maximum Gasteiger partial charge on any atom is 0.0567 e. The van der Waals surface area contributed by atoms with E-state index in [4.69, 9.17) is 11.6 Å². The summed E-state index contributed by atoms with van der Waals surface area (Å²) in [6, 6.07) is 26.6. The Labute approximate surface area is 164 Å². The molecule has 0 spiro atoms. The lowest BCUT2D eigenvalue weighted by atomic mass is 10.2. The molecule has 26 heavy (non-hydrogen) atoms. The number of hydrogen-bond donors (Lipinski definition) is 1. The zero-order chi connectivity index (χ0) is 17.8. The molecule has 1 aliphatic rings. The van der Waals surface area contributed by atoms with E-state index in [0.29, 0.717) is 0 Å². The number of hydrogen-bond acceptors (Lipinski definition) is 3. The Morgan fingerprint density at radius 1 is 1.00 bits per heavy atom. The second-order valence-corrected chi connectivity index (χ2v) is 7.73. The number of rotatable bonds is 6. The molecule has 130 valence electrons. The normalized spacial score (nSPS) is 12.3. The number of fused-ring (bicyclic) bond motifs is 2. The number of para-hydroxylation sites is 1. The van der Waals surface area contributed by atoms with Gasteiger partial charge in [0.15, 0.2) is 0 Å². The molecular weight excluding hydrogens is 360 g/mol. The van der Waals surface area contributed by atoms with E-state index in [9.17, 15) is 0 Å². The first-order valence-corrected chi connectivity index (χ1v) is 9.92. The molecule has 0 atom stereocenters. The van der Waals surface area contributed by atoms with Crippen LogP contribution < -0.4 is 10.2 Å². The highest BCUT2D eigenvalue weighted by molar-refractivity contribution is 7.99. The van der Waals surface area contributed by atoms with Gasteiger partial charge in [-0.15, -0.1) is 0 Å². The number of benzene rings is 2. The summed E-state index contributed by atoms with van der Waals surface area (Å²) < 4.78 is 0. The van der Waals surface area contributed by atoms with Crippen LogP contribution in [0.4, 0.5) is 11.4 Å². The van der Waals surface area contributed by atoms with Crippen LogP contribution in [0.5, 0.6) is 0 Å². The Balaban J connectivity index is 1.43. The minimum atomic E-state index is 0.781. The molecule has 0 fully saturated rings. The lowest BCUT2D eigenvalue weighted by Crippen LogP contribution is -2.25. The molecule has 0 radical (unpaired) electrons. The van der Waals surface area contributed by atoms with Gasteiger partial charge in [-0.25, -0.2) is 0 Å². The first-order chi connectivity index (χ1) is 12.8. The fourth-order valence-corrected chi connectivity index (χ4v) is 4.37. The first-order valence-electron chi connectivity index (χ1n) is 8.72. The summed E-state index contributed by atoms with van der Waals surface area (Å²) in [5.74, 6) is 0. The minimum Gasteiger partial charge on any atom is -0.340 e. The third-order valence-electron chi connectivity index (χ3n) is 4.37. The van der Waals surface area contributed by atoms with Crippen LogP contribution in [0.25, 0.3) is 0 Å². The van der Waals surface area contributed by atoms with Gasteiger partial charge in [-0.3, -0.25) is 0 Å². The van der Waals surface area contributed by atoms with E-state index in [1.54, 1.807) is 0 Å². The van der Waals surface area contributed by atoms with Crippen LogP contribution in [-0.2, 0) is 6.54 Å². The Morgan fingerprint density at radius 3 is 2.77 bits per heavy atom. The number of nitrogens with one attached hydrogen (secondary N) is 1. The molecule has 1 heterocycles. The quantitative estimate of drug-likeness (QED) is 0.552. The summed E-state index contributed by atoms with van der Waals surface area (Å²) in [4.78, 5) is 4.95. The predicted molar refractivity (Wildman–Crippen MR) is 109 cm³/mol. The van der Waals surface area contributed by atoms with E-state index in [1.807, 2.05) is 30.0 Å². The largest absolute Gasteiger partial charge is 0.340 e. The summed E-state index contributed by atoms with van der Waals surface area (Å²) in [6.45, 7) is 2.77. The van der Waals surface area contributed by atoms with Gasteiger partial charge in [0.2, 0.25) is 0 Å². The molecule has 1 N–H and O–H groups in total. The summed E-state index contributed by atoms with van der Waals surface area (Å²) in [5.41, 5.74) is 3.70. The highest BCUT2D eigenvalue weighted by Gasteiger charge is 2.22. The molecule has 0 amide bonds. The average Bonchev–Trinajstić information content (AvgIpc) is 2.68. The van der Waals surface area contributed by atoms with E-state index in [1.165, 1.54) is 26.7 Å². The molecule has 4 rings (SSSR count). The molecule has 0 saturated carbocycles. The Morgan fingerprint density at radius 2 is 1.88 bits per heavy atom. The van der Waals surface area contributed by atoms with Crippen molar-refractivity contribution in [3.63, 3.8) is 0 Å². The van der Waals surface area contributed by atoms with Crippen molar-refractivity contribution in [1.29, 1.82) is 0 Å². The van der Waals surface area contributed by atoms with Crippen LogP contribution in [0, 0.1) is 12.1 Å². The van der Waals surface area contributed by atoms with E-state index in [0.717, 1.165) is 31.1 Å². The number of halogens is 1. The van der Waals surface area contributed by atoms with Crippen molar-refractivity contribution in [2.24, 2.45) is 0 Å². The third-order valence-corrected chi connectivity index (χ3v) is 5.74. The molecule has 0 saturated heterocycles. The van der Waals surface area contributed by atoms with E-state index in [2.05, 4.69) is 64.8 Å². The molecular formula is C22H19ClN2S. The summed E-state index contributed by atoms with van der Waals surface area (Å²) >= 11 is 8.08. The van der Waals surface area contributed by atoms with Crippen LogP contribution in [0.15, 0.2) is 70.5 Å². The summed E-state index contributed by atoms with van der Waals surface area (Å²) in [7, 11) is 0. The van der Waals surface area contributed by atoms with Crippen molar-refractivity contribution in [2.45, 2.75) is 22.8 Å². The Hall–Kier alpha value is -2.12. The van der Waals surface area contributed by atoms with Gasteiger partial charge in [-0.2, -0.15) is 0 Å². The van der Waals surface area contributed by atoms with E-state index >= 15 is 0 Å². The second-order valence-electron chi connectivity index (χ2n) is 6.21. The van der Waals surface area contributed by atoms with Gasteiger partial charge in [-0.05, 0) is 67.1 Å². The minimum absolute atomic E-state index is 0.781. The zero-order valence-corrected chi connectivity index (χ0v) is 15.9. The smallest absolute Gasteiger partial charge is 0.0567 e. The summed E-state index contributed by atoms with van der Waals surface area (Å²) in [5, 5.41) is 4.29. The van der Waals surface area contributed by atoms with Gasteiger partial charge < -0.3 is 10.2 Å². The van der Waals surface area contributed by atoms with Crippen LogP contribution in [0.3, 0.4) is 0 Å². The molecule has 0 bridgehead atoms. The van der Waals surface area contributed by atoms with E-state index < -0.39 is 0 Å². The highest BCUT2D eigenvalue weighted by atomic mass is 35.5. The molecule has 3 aromatic rings. The molecule has 4 heteroatoms. The lowest BCUT2D eigenvalue weighted by Gasteiger charge is -2.33. The third kappa shape index (κ3) is 3.83. The van der Waals surface area contributed by atoms with Gasteiger partial charge >= 0.3 is 0 Å². The molecule has 0 aliphatic carbocycles. The SMILES string of the molecule is Clc1ccc2c(c1)N(CCCNCc1cc#ccc1)c1ccccc1S2. The molecule has 0 aromatic heterocycles. The fraction of sp³-hybridized carbons (Fsp3) is 0.182. The molecule has 0 unspecified atom stereocenters. The van der Waals surface area contributed by atoms with Crippen LogP contribution >= 0.6 is 23.4 Å². The van der Waals surface area contributed by atoms with Crippen LogP contribution in [-0.4, -0.2) is 13.1 Å². The number of anilines is 2. The second kappa shape index (κ2) is 8.05.